The second kappa shape index (κ2) is 9.08. The molecule has 0 aliphatic heterocycles. The molecule has 0 fully saturated rings. The number of rotatable bonds is 8. The fraction of sp³-hybridized carbons (Fsp3) is 0.125. The van der Waals surface area contributed by atoms with E-state index in [0.717, 1.165) is 22.1 Å². The van der Waals surface area contributed by atoms with E-state index in [4.69, 9.17) is 9.47 Å². The van der Waals surface area contributed by atoms with Crippen molar-refractivity contribution in [1.29, 1.82) is 0 Å². The van der Waals surface area contributed by atoms with Crippen LogP contribution in [0.1, 0.15) is 0 Å². The van der Waals surface area contributed by atoms with Crippen molar-refractivity contribution in [2.75, 3.05) is 20.3 Å². The molecule has 0 spiro atoms. The Labute approximate surface area is 196 Å². The molecule has 0 aliphatic carbocycles. The molecule has 0 saturated heterocycles. The molecule has 0 aliphatic rings. The van der Waals surface area contributed by atoms with Gasteiger partial charge in [0.2, 0.25) is 15.9 Å². The Morgan fingerprint density at radius 2 is 1.71 bits per heavy atom. The largest absolute Gasteiger partial charge is 0.497 e. The van der Waals surface area contributed by atoms with Gasteiger partial charge >= 0.3 is 0 Å². The van der Waals surface area contributed by atoms with Crippen LogP contribution in [0.2, 0.25) is 0 Å². The number of methoxy groups -OCH3 is 1. The number of sulfonamides is 1. The zero-order chi connectivity index (χ0) is 23.5. The van der Waals surface area contributed by atoms with E-state index in [2.05, 4.69) is 20.0 Å². The topological polar surface area (TPSA) is 108 Å². The molecule has 0 unspecified atom stereocenters. The van der Waals surface area contributed by atoms with Gasteiger partial charge in [-0.25, -0.2) is 13.1 Å². The van der Waals surface area contributed by atoms with Gasteiger partial charge in [-0.2, -0.15) is 4.52 Å². The molecule has 0 radical (unpaired) electrons. The van der Waals surface area contributed by atoms with Gasteiger partial charge in [-0.3, -0.25) is 0 Å². The van der Waals surface area contributed by atoms with Crippen molar-refractivity contribution in [3.8, 4) is 23.0 Å². The molecule has 172 valence electrons. The third kappa shape index (κ3) is 4.41. The van der Waals surface area contributed by atoms with Crippen LogP contribution in [0.3, 0.4) is 0 Å². The van der Waals surface area contributed by atoms with Crippen molar-refractivity contribution in [1.82, 2.24) is 24.5 Å². The summed E-state index contributed by atoms with van der Waals surface area (Å²) < 4.78 is 40.3. The fourth-order valence-electron chi connectivity index (χ4n) is 3.52. The average Bonchev–Trinajstić information content (AvgIpc) is 3.29. The molecule has 2 aromatic heterocycles. The Balaban J connectivity index is 1.25. The van der Waals surface area contributed by atoms with Gasteiger partial charge in [0.1, 0.15) is 12.4 Å². The third-order valence-electron chi connectivity index (χ3n) is 5.26. The van der Waals surface area contributed by atoms with Crippen LogP contribution >= 0.6 is 0 Å². The first kappa shape index (κ1) is 21.8. The number of fused-ring (bicyclic) bond motifs is 2. The molecule has 0 bridgehead atoms. The Hall–Kier alpha value is -4.02. The van der Waals surface area contributed by atoms with Gasteiger partial charge in [0.25, 0.3) is 0 Å². The molecule has 0 saturated carbocycles. The molecule has 1 N–H and O–H groups in total. The second-order valence-electron chi connectivity index (χ2n) is 7.45. The molecular weight excluding hydrogens is 454 g/mol. The highest BCUT2D eigenvalue weighted by molar-refractivity contribution is 7.89. The standard InChI is InChI=1S/C24H21N5O4S/c1-32-20-9-6-18(7-10-20)24-27-26-22-12-13-23(28-29(22)24)33-15-14-25-34(30,31)21-11-8-17-4-2-3-5-19(17)16-21/h2-13,16,25H,14-15H2,1H3. The number of hydrogen-bond acceptors (Lipinski definition) is 7. The lowest BCUT2D eigenvalue weighted by Crippen LogP contribution is -2.28. The monoisotopic (exact) mass is 475 g/mol. The van der Waals surface area contributed by atoms with E-state index in [-0.39, 0.29) is 18.0 Å². The summed E-state index contributed by atoms with van der Waals surface area (Å²) in [5.41, 5.74) is 1.39. The van der Waals surface area contributed by atoms with Crippen LogP contribution in [0.15, 0.2) is 83.8 Å². The average molecular weight is 476 g/mol. The van der Waals surface area contributed by atoms with E-state index in [1.165, 1.54) is 0 Å². The predicted molar refractivity (Wildman–Crippen MR) is 127 cm³/mol. The van der Waals surface area contributed by atoms with E-state index in [0.29, 0.717) is 17.4 Å². The summed E-state index contributed by atoms with van der Waals surface area (Å²) in [6.07, 6.45) is 0. The highest BCUT2D eigenvalue weighted by Gasteiger charge is 2.14. The normalized spacial score (nSPS) is 11.7. The minimum Gasteiger partial charge on any atom is -0.497 e. The van der Waals surface area contributed by atoms with Crippen molar-refractivity contribution in [3.63, 3.8) is 0 Å². The van der Waals surface area contributed by atoms with Gasteiger partial charge in [-0.1, -0.05) is 30.3 Å². The summed E-state index contributed by atoms with van der Waals surface area (Å²) in [4.78, 5) is 0.208. The maximum atomic E-state index is 12.7. The Morgan fingerprint density at radius 3 is 2.50 bits per heavy atom. The molecule has 10 heteroatoms. The van der Waals surface area contributed by atoms with Crippen LogP contribution in [0.4, 0.5) is 0 Å². The van der Waals surface area contributed by atoms with Crippen molar-refractivity contribution in [2.45, 2.75) is 4.90 Å². The lowest BCUT2D eigenvalue weighted by atomic mass is 10.1. The summed E-state index contributed by atoms with van der Waals surface area (Å²) in [6, 6.07) is 23.4. The Kier molecular flexibility index (Phi) is 5.83. The first-order valence-electron chi connectivity index (χ1n) is 10.5. The summed E-state index contributed by atoms with van der Waals surface area (Å²) in [7, 11) is -2.06. The van der Waals surface area contributed by atoms with E-state index >= 15 is 0 Å². The van der Waals surface area contributed by atoms with Crippen LogP contribution in [-0.4, -0.2) is 48.5 Å². The SMILES string of the molecule is COc1ccc(-c2nnc3ccc(OCCNS(=O)(=O)c4ccc5ccccc5c4)nn23)cc1. The fourth-order valence-corrected chi connectivity index (χ4v) is 4.57. The summed E-state index contributed by atoms with van der Waals surface area (Å²) in [5, 5.41) is 14.6. The van der Waals surface area contributed by atoms with E-state index < -0.39 is 10.0 Å². The zero-order valence-electron chi connectivity index (χ0n) is 18.2. The number of nitrogens with one attached hydrogen (secondary N) is 1. The predicted octanol–water partition coefficient (Wildman–Crippen LogP) is 3.31. The Bertz CT molecular complexity index is 1570. The first-order valence-corrected chi connectivity index (χ1v) is 12.0. The van der Waals surface area contributed by atoms with E-state index in [1.54, 1.807) is 42.0 Å². The maximum absolute atomic E-state index is 12.7. The van der Waals surface area contributed by atoms with Crippen LogP contribution in [0.25, 0.3) is 27.8 Å². The van der Waals surface area contributed by atoms with Crippen molar-refractivity contribution in [2.24, 2.45) is 0 Å². The summed E-state index contributed by atoms with van der Waals surface area (Å²) in [5.74, 6) is 1.62. The number of benzene rings is 3. The minimum atomic E-state index is -3.67. The molecule has 5 rings (SSSR count). The second-order valence-corrected chi connectivity index (χ2v) is 9.22. The zero-order valence-corrected chi connectivity index (χ0v) is 19.1. The Morgan fingerprint density at radius 1 is 0.912 bits per heavy atom. The molecule has 34 heavy (non-hydrogen) atoms. The third-order valence-corrected chi connectivity index (χ3v) is 6.72. The number of nitrogens with zero attached hydrogens (tertiary/aromatic N) is 4. The van der Waals surface area contributed by atoms with Crippen LogP contribution in [0, 0.1) is 0 Å². The lowest BCUT2D eigenvalue weighted by molar-refractivity contribution is 0.306. The quantitative estimate of drug-likeness (QED) is 0.343. The molecular formula is C24H21N5O4S. The van der Waals surface area contributed by atoms with Gasteiger partial charge in [-0.15, -0.1) is 15.3 Å². The van der Waals surface area contributed by atoms with Crippen LogP contribution in [-0.2, 0) is 10.0 Å². The van der Waals surface area contributed by atoms with Crippen LogP contribution < -0.4 is 14.2 Å². The van der Waals surface area contributed by atoms with Gasteiger partial charge in [-0.05, 0) is 53.2 Å². The molecule has 0 atom stereocenters. The highest BCUT2D eigenvalue weighted by Crippen LogP contribution is 2.22. The van der Waals surface area contributed by atoms with E-state index in [1.807, 2.05) is 48.5 Å². The van der Waals surface area contributed by atoms with Crippen molar-refractivity contribution >= 4 is 26.4 Å². The van der Waals surface area contributed by atoms with Crippen molar-refractivity contribution < 1.29 is 17.9 Å². The molecule has 5 aromatic rings. The van der Waals surface area contributed by atoms with Gasteiger partial charge in [0.05, 0.1) is 12.0 Å². The van der Waals surface area contributed by atoms with E-state index in [9.17, 15) is 8.42 Å². The summed E-state index contributed by atoms with van der Waals surface area (Å²) >= 11 is 0. The first-order chi connectivity index (χ1) is 16.5. The smallest absolute Gasteiger partial charge is 0.240 e. The lowest BCUT2D eigenvalue weighted by Gasteiger charge is -2.09. The molecule has 3 aromatic carbocycles. The number of hydrogen-bond donors (Lipinski definition) is 1. The maximum Gasteiger partial charge on any atom is 0.240 e. The molecule has 9 nitrogen and oxygen atoms in total. The minimum absolute atomic E-state index is 0.0857. The molecule has 0 amide bonds. The highest BCUT2D eigenvalue weighted by atomic mass is 32.2. The van der Waals surface area contributed by atoms with Gasteiger partial charge < -0.3 is 9.47 Å². The number of ether oxygens (including phenoxy) is 2. The van der Waals surface area contributed by atoms with Crippen molar-refractivity contribution in [3.05, 3.63) is 78.9 Å². The molecule has 2 heterocycles. The summed E-state index contributed by atoms with van der Waals surface area (Å²) in [6.45, 7) is 0.188. The van der Waals surface area contributed by atoms with Gasteiger partial charge in [0.15, 0.2) is 11.5 Å². The number of aromatic nitrogens is 4. The van der Waals surface area contributed by atoms with Gasteiger partial charge in [0, 0.05) is 18.2 Å². The van der Waals surface area contributed by atoms with Crippen LogP contribution in [0.5, 0.6) is 11.6 Å².